The molecule has 0 spiro atoms. The van der Waals surface area contributed by atoms with E-state index < -0.39 is 23.8 Å². The second kappa shape index (κ2) is 9.99. The van der Waals surface area contributed by atoms with Gasteiger partial charge in [-0.2, -0.15) is 0 Å². The van der Waals surface area contributed by atoms with E-state index in [4.69, 9.17) is 0 Å². The lowest BCUT2D eigenvalue weighted by Crippen LogP contribution is -2.48. The highest BCUT2D eigenvalue weighted by molar-refractivity contribution is 5.79. The monoisotopic (exact) mass is 468 g/mol. The van der Waals surface area contributed by atoms with Gasteiger partial charge in [-0.15, -0.1) is 0 Å². The number of hydrogen-bond donors (Lipinski definition) is 3. The zero-order valence-corrected chi connectivity index (χ0v) is 19.0. The summed E-state index contributed by atoms with van der Waals surface area (Å²) in [6, 6.07) is 12.9. The third-order valence-electron chi connectivity index (χ3n) is 6.21. The molecule has 1 aliphatic rings. The largest absolute Gasteiger partial charge is 0.390 e. The lowest BCUT2D eigenvalue weighted by Gasteiger charge is -2.26. The number of aryl methyl sites for hydroxylation is 1. The Morgan fingerprint density at radius 1 is 0.912 bits per heavy atom. The molecule has 0 saturated carbocycles. The minimum absolute atomic E-state index is 0.0557. The van der Waals surface area contributed by atoms with Gasteiger partial charge in [-0.1, -0.05) is 31.2 Å². The molecule has 0 heterocycles. The number of carbonyl (C=O) groups is 1. The van der Waals surface area contributed by atoms with Gasteiger partial charge in [-0.05, 0) is 70.5 Å². The Bertz CT molecular complexity index is 1190. The first-order valence-electron chi connectivity index (χ1n) is 11.3. The molecule has 3 N–H and O–H groups in total. The van der Waals surface area contributed by atoms with Crippen LogP contribution in [-0.2, 0) is 17.6 Å². The van der Waals surface area contributed by atoms with E-state index in [1.165, 1.54) is 31.2 Å². The molecule has 3 aromatic carbocycles. The summed E-state index contributed by atoms with van der Waals surface area (Å²) in [6.45, 7) is 3.48. The van der Waals surface area contributed by atoms with Crippen LogP contribution in [0.5, 0.6) is 0 Å². The van der Waals surface area contributed by atoms with Crippen LogP contribution in [0.15, 0.2) is 54.6 Å². The molecule has 4 rings (SSSR count). The van der Waals surface area contributed by atoms with Crippen molar-refractivity contribution in [2.45, 2.75) is 44.9 Å². The van der Waals surface area contributed by atoms with Gasteiger partial charge in [-0.25, -0.2) is 13.2 Å². The Hall–Kier alpha value is -3.16. The minimum atomic E-state index is -1.04. The van der Waals surface area contributed by atoms with E-state index in [0.29, 0.717) is 5.56 Å². The first kappa shape index (κ1) is 24.0. The van der Waals surface area contributed by atoms with Gasteiger partial charge in [0.2, 0.25) is 5.91 Å². The highest BCUT2D eigenvalue weighted by atomic mass is 19.1. The number of aliphatic hydroxyl groups excluding tert-OH is 1. The molecule has 1 amide bonds. The van der Waals surface area contributed by atoms with Crippen molar-refractivity contribution in [3.05, 3.63) is 94.3 Å². The van der Waals surface area contributed by atoms with Gasteiger partial charge in [0.1, 0.15) is 17.5 Å². The summed E-state index contributed by atoms with van der Waals surface area (Å²) in [5.74, 6) is -2.12. The van der Waals surface area contributed by atoms with Crippen molar-refractivity contribution < 1.29 is 23.1 Å². The predicted octanol–water partition coefficient (Wildman–Crippen LogP) is 4.43. The van der Waals surface area contributed by atoms with E-state index in [2.05, 4.69) is 23.6 Å². The molecule has 0 aromatic heterocycles. The van der Waals surface area contributed by atoms with Crippen molar-refractivity contribution in [1.29, 1.82) is 0 Å². The maximum Gasteiger partial charge on any atom is 0.217 e. The fourth-order valence-corrected chi connectivity index (χ4v) is 4.63. The van der Waals surface area contributed by atoms with Crippen molar-refractivity contribution >= 4 is 5.91 Å². The van der Waals surface area contributed by atoms with Gasteiger partial charge in [0.25, 0.3) is 0 Å². The summed E-state index contributed by atoms with van der Waals surface area (Å²) in [5.41, 5.74) is 5.11. The van der Waals surface area contributed by atoms with Gasteiger partial charge in [0.05, 0.1) is 18.2 Å². The lowest BCUT2D eigenvalue weighted by molar-refractivity contribution is -0.120. The van der Waals surface area contributed by atoms with Crippen LogP contribution in [0.25, 0.3) is 11.1 Å². The van der Waals surface area contributed by atoms with Crippen LogP contribution in [0.3, 0.4) is 0 Å². The van der Waals surface area contributed by atoms with Crippen molar-refractivity contribution in [1.82, 2.24) is 10.6 Å². The zero-order chi connectivity index (χ0) is 24.4. The fourth-order valence-electron chi connectivity index (χ4n) is 4.63. The summed E-state index contributed by atoms with van der Waals surface area (Å²) in [4.78, 5) is 11.7. The molecule has 34 heavy (non-hydrogen) atoms. The molecule has 1 unspecified atom stereocenters. The van der Waals surface area contributed by atoms with E-state index in [1.54, 1.807) is 6.07 Å². The molecular formula is C27H27F3N2O2. The molecule has 0 saturated heterocycles. The average molecular weight is 469 g/mol. The smallest absolute Gasteiger partial charge is 0.217 e. The number of nitrogens with one attached hydrogen (secondary N) is 2. The molecule has 1 aliphatic carbocycles. The van der Waals surface area contributed by atoms with Crippen LogP contribution < -0.4 is 10.6 Å². The fraction of sp³-hybridized carbons (Fsp3) is 0.296. The molecule has 0 fully saturated rings. The van der Waals surface area contributed by atoms with E-state index >= 15 is 0 Å². The number of halogens is 3. The summed E-state index contributed by atoms with van der Waals surface area (Å²) in [6.07, 6.45) is -0.139. The lowest BCUT2D eigenvalue weighted by atomic mass is 9.99. The topological polar surface area (TPSA) is 61.4 Å². The quantitative estimate of drug-likeness (QED) is 0.458. The van der Waals surface area contributed by atoms with Crippen molar-refractivity contribution in [3.8, 4) is 11.1 Å². The number of benzene rings is 3. The molecule has 178 valence electrons. The Morgan fingerprint density at radius 2 is 1.65 bits per heavy atom. The summed E-state index contributed by atoms with van der Waals surface area (Å²) in [5, 5.41) is 17.0. The molecule has 3 atom stereocenters. The highest BCUT2D eigenvalue weighted by Crippen LogP contribution is 2.44. The third kappa shape index (κ3) is 5.16. The molecule has 0 bridgehead atoms. The number of hydrogen-bond acceptors (Lipinski definition) is 3. The first-order valence-corrected chi connectivity index (χ1v) is 11.3. The normalized spacial score (nSPS) is 16.0. The van der Waals surface area contributed by atoms with Gasteiger partial charge < -0.3 is 15.7 Å². The Kier molecular flexibility index (Phi) is 7.05. The van der Waals surface area contributed by atoms with E-state index in [-0.39, 0.29) is 30.7 Å². The van der Waals surface area contributed by atoms with Gasteiger partial charge in [0, 0.05) is 19.5 Å². The number of rotatable bonds is 8. The van der Waals surface area contributed by atoms with Crippen LogP contribution in [-0.4, -0.2) is 29.7 Å². The van der Waals surface area contributed by atoms with Crippen molar-refractivity contribution in [2.24, 2.45) is 0 Å². The minimum Gasteiger partial charge on any atom is -0.390 e. The van der Waals surface area contributed by atoms with Crippen molar-refractivity contribution in [3.63, 3.8) is 0 Å². The molecule has 0 radical (unpaired) electrons. The second-order valence-corrected chi connectivity index (χ2v) is 8.70. The van der Waals surface area contributed by atoms with Crippen LogP contribution in [0.2, 0.25) is 0 Å². The maximum absolute atomic E-state index is 14.0. The van der Waals surface area contributed by atoms with E-state index in [0.717, 1.165) is 40.3 Å². The summed E-state index contributed by atoms with van der Waals surface area (Å²) >= 11 is 0. The molecule has 4 nitrogen and oxygen atoms in total. The Morgan fingerprint density at radius 3 is 2.32 bits per heavy atom. The van der Waals surface area contributed by atoms with Crippen LogP contribution in [0.1, 0.15) is 42.1 Å². The maximum atomic E-state index is 14.0. The van der Waals surface area contributed by atoms with Crippen LogP contribution >= 0.6 is 0 Å². The van der Waals surface area contributed by atoms with Gasteiger partial charge in [-0.3, -0.25) is 4.79 Å². The molecule has 0 aliphatic heterocycles. The van der Waals surface area contributed by atoms with Gasteiger partial charge in [0.15, 0.2) is 0 Å². The second-order valence-electron chi connectivity index (χ2n) is 8.70. The zero-order valence-electron chi connectivity index (χ0n) is 19.0. The molecule has 7 heteroatoms. The van der Waals surface area contributed by atoms with Crippen LogP contribution in [0, 0.1) is 17.5 Å². The van der Waals surface area contributed by atoms with Crippen LogP contribution in [0.4, 0.5) is 13.2 Å². The number of fused-ring (bicyclic) bond motifs is 3. The average Bonchev–Trinajstić information content (AvgIpc) is 3.08. The molecular weight excluding hydrogens is 441 g/mol. The SMILES string of the molecule is CCc1ccc2c(c1)C(NC[C@@H](O)[C@H](Cc1cc(F)cc(F)c1)NC(C)=O)c1ccc(F)cc1-2. The highest BCUT2D eigenvalue weighted by Gasteiger charge is 2.30. The number of carbonyl (C=O) groups excluding carboxylic acids is 1. The third-order valence-corrected chi connectivity index (χ3v) is 6.21. The first-order chi connectivity index (χ1) is 16.2. The molecule has 3 aromatic rings. The standard InChI is InChI=1S/C27H27F3N2O2/c1-3-16-4-6-21-23-13-18(28)5-7-22(23)27(24(21)10-16)31-14-26(34)25(32-15(2)33)11-17-8-19(29)12-20(30)9-17/h4-10,12-13,25-27,31,34H,3,11,14H2,1-2H3,(H,32,33)/t25-,26+,27?/m0/s1. The summed E-state index contributed by atoms with van der Waals surface area (Å²) < 4.78 is 41.3. The predicted molar refractivity (Wildman–Crippen MR) is 125 cm³/mol. The Labute approximate surface area is 196 Å². The number of aliphatic hydroxyl groups is 1. The number of amides is 1. The van der Waals surface area contributed by atoms with Gasteiger partial charge >= 0.3 is 0 Å². The van der Waals surface area contributed by atoms with E-state index in [1.807, 2.05) is 12.1 Å². The Balaban J connectivity index is 1.56. The van der Waals surface area contributed by atoms with Crippen molar-refractivity contribution in [2.75, 3.05) is 6.54 Å². The van der Waals surface area contributed by atoms with E-state index in [9.17, 15) is 23.1 Å². The summed E-state index contributed by atoms with van der Waals surface area (Å²) in [7, 11) is 0.